The third-order valence-corrected chi connectivity index (χ3v) is 2.57. The second-order valence-corrected chi connectivity index (χ2v) is 4.08. The Hall–Kier alpha value is -3.15. The van der Waals surface area contributed by atoms with Crippen LogP contribution in [-0.2, 0) is 0 Å². The van der Waals surface area contributed by atoms with Gasteiger partial charge in [-0.15, -0.1) is 0 Å². The fourth-order valence-electron chi connectivity index (χ4n) is 1.64. The Morgan fingerprint density at radius 2 is 1.95 bits per heavy atom. The first-order chi connectivity index (χ1) is 10.3. The van der Waals surface area contributed by atoms with E-state index < -0.39 is 5.91 Å². The van der Waals surface area contributed by atoms with Crippen molar-refractivity contribution in [2.75, 3.05) is 5.32 Å². The molecule has 3 rings (SSSR count). The highest BCUT2D eigenvalue weighted by atomic mass is 16.6. The van der Waals surface area contributed by atoms with Crippen molar-refractivity contribution in [1.82, 2.24) is 9.97 Å². The summed E-state index contributed by atoms with van der Waals surface area (Å²) in [5, 5.41) is 2.57. The maximum absolute atomic E-state index is 12.0. The number of ether oxygens (including phenoxy) is 1. The minimum atomic E-state index is -0.418. The van der Waals surface area contributed by atoms with Gasteiger partial charge in [0.2, 0.25) is 0 Å². The molecule has 0 fully saturated rings. The van der Waals surface area contributed by atoms with Gasteiger partial charge in [0.05, 0.1) is 6.20 Å². The number of nitrogens with zero attached hydrogens (tertiary/aromatic N) is 2. The van der Waals surface area contributed by atoms with Crippen molar-refractivity contribution in [3.8, 4) is 11.7 Å². The minimum Gasteiger partial charge on any atom is -0.426 e. The number of amides is 1. The van der Waals surface area contributed by atoms with E-state index in [-0.39, 0.29) is 11.7 Å². The van der Waals surface area contributed by atoms with Gasteiger partial charge in [-0.3, -0.25) is 9.78 Å². The summed E-state index contributed by atoms with van der Waals surface area (Å²) in [7, 11) is 0. The zero-order valence-corrected chi connectivity index (χ0v) is 10.9. The number of benzene rings is 1. The first-order valence-electron chi connectivity index (χ1n) is 6.21. The standard InChI is InChI=1S/C15H11N3O3/c19-15(18-13-10-16-8-9-17-13)12-6-7-14(21-12)20-11-4-2-1-3-5-11/h1-10H,(H,17,18,19). The van der Waals surface area contributed by atoms with Crippen molar-refractivity contribution < 1.29 is 13.9 Å². The molecule has 0 bridgehead atoms. The highest BCUT2D eigenvalue weighted by Crippen LogP contribution is 2.23. The minimum absolute atomic E-state index is 0.131. The molecule has 6 nitrogen and oxygen atoms in total. The van der Waals surface area contributed by atoms with E-state index in [1.165, 1.54) is 24.7 Å². The average molecular weight is 281 g/mol. The number of rotatable bonds is 4. The van der Waals surface area contributed by atoms with Crippen LogP contribution in [0.15, 0.2) is 65.5 Å². The Kier molecular flexibility index (Phi) is 3.60. The van der Waals surface area contributed by atoms with E-state index in [0.29, 0.717) is 11.6 Å². The molecular formula is C15H11N3O3. The molecule has 104 valence electrons. The van der Waals surface area contributed by atoms with Gasteiger partial charge in [-0.2, -0.15) is 0 Å². The molecule has 1 aromatic carbocycles. The monoisotopic (exact) mass is 281 g/mol. The third-order valence-electron chi connectivity index (χ3n) is 2.57. The van der Waals surface area contributed by atoms with Crippen LogP contribution >= 0.6 is 0 Å². The van der Waals surface area contributed by atoms with Gasteiger partial charge < -0.3 is 14.5 Å². The van der Waals surface area contributed by atoms with Crippen LogP contribution in [0.5, 0.6) is 11.7 Å². The predicted octanol–water partition coefficient (Wildman–Crippen LogP) is 3.11. The molecule has 6 heteroatoms. The van der Waals surface area contributed by atoms with E-state index in [1.54, 1.807) is 18.2 Å². The van der Waals surface area contributed by atoms with Gasteiger partial charge >= 0.3 is 0 Å². The molecular weight excluding hydrogens is 270 g/mol. The maximum Gasteiger partial charge on any atom is 0.292 e. The molecule has 1 amide bonds. The molecule has 0 atom stereocenters. The van der Waals surface area contributed by atoms with Crippen LogP contribution in [0, 0.1) is 0 Å². The second-order valence-electron chi connectivity index (χ2n) is 4.08. The molecule has 0 radical (unpaired) electrons. The van der Waals surface area contributed by atoms with Crippen molar-refractivity contribution >= 4 is 11.7 Å². The number of aromatic nitrogens is 2. The van der Waals surface area contributed by atoms with Gasteiger partial charge in [-0.25, -0.2) is 4.98 Å². The Morgan fingerprint density at radius 3 is 2.71 bits per heavy atom. The lowest BCUT2D eigenvalue weighted by molar-refractivity contribution is 0.0991. The molecule has 0 saturated carbocycles. The van der Waals surface area contributed by atoms with E-state index in [0.717, 1.165) is 0 Å². The number of nitrogens with one attached hydrogen (secondary N) is 1. The summed E-state index contributed by atoms with van der Waals surface area (Å²) < 4.78 is 10.8. The normalized spacial score (nSPS) is 10.1. The smallest absolute Gasteiger partial charge is 0.292 e. The number of para-hydroxylation sites is 1. The summed E-state index contributed by atoms with van der Waals surface area (Å²) in [6.45, 7) is 0. The molecule has 0 aliphatic rings. The lowest BCUT2D eigenvalue weighted by Crippen LogP contribution is -2.11. The highest BCUT2D eigenvalue weighted by Gasteiger charge is 2.13. The molecule has 21 heavy (non-hydrogen) atoms. The highest BCUT2D eigenvalue weighted by molar-refractivity contribution is 6.01. The van der Waals surface area contributed by atoms with Gasteiger partial charge in [0.15, 0.2) is 11.6 Å². The largest absolute Gasteiger partial charge is 0.426 e. The number of hydrogen-bond donors (Lipinski definition) is 1. The Bertz CT molecular complexity index is 726. The fraction of sp³-hybridized carbons (Fsp3) is 0. The molecule has 0 aliphatic heterocycles. The van der Waals surface area contributed by atoms with Crippen LogP contribution in [-0.4, -0.2) is 15.9 Å². The number of carbonyl (C=O) groups excluding carboxylic acids is 1. The van der Waals surface area contributed by atoms with Crippen LogP contribution in [0.3, 0.4) is 0 Å². The van der Waals surface area contributed by atoms with Gasteiger partial charge in [-0.1, -0.05) is 18.2 Å². The topological polar surface area (TPSA) is 77.2 Å². The molecule has 2 heterocycles. The lowest BCUT2D eigenvalue weighted by atomic mass is 10.3. The second kappa shape index (κ2) is 5.87. The average Bonchev–Trinajstić information content (AvgIpc) is 2.98. The number of carbonyl (C=O) groups is 1. The van der Waals surface area contributed by atoms with E-state index in [9.17, 15) is 4.79 Å². The van der Waals surface area contributed by atoms with Crippen molar-refractivity contribution in [3.05, 3.63) is 66.8 Å². The molecule has 3 aromatic rings. The molecule has 0 spiro atoms. The summed E-state index contributed by atoms with van der Waals surface area (Å²) in [4.78, 5) is 19.8. The Balaban J connectivity index is 1.68. The van der Waals surface area contributed by atoms with Gasteiger partial charge in [0.1, 0.15) is 5.75 Å². The number of hydrogen-bond acceptors (Lipinski definition) is 5. The van der Waals surface area contributed by atoms with E-state index in [2.05, 4.69) is 15.3 Å². The summed E-state index contributed by atoms with van der Waals surface area (Å²) >= 11 is 0. The predicted molar refractivity (Wildman–Crippen MR) is 75.2 cm³/mol. The molecule has 2 aromatic heterocycles. The molecule has 0 aliphatic carbocycles. The summed E-state index contributed by atoms with van der Waals surface area (Å²) in [5.74, 6) is 0.938. The zero-order chi connectivity index (χ0) is 14.5. The van der Waals surface area contributed by atoms with E-state index >= 15 is 0 Å². The van der Waals surface area contributed by atoms with Gasteiger partial charge in [0.25, 0.3) is 11.9 Å². The summed E-state index contributed by atoms with van der Waals surface area (Å²) in [5.41, 5.74) is 0. The molecule has 0 saturated heterocycles. The van der Waals surface area contributed by atoms with Crippen LogP contribution in [0.2, 0.25) is 0 Å². The summed E-state index contributed by atoms with van der Waals surface area (Å²) in [6.07, 6.45) is 4.46. The first kappa shape index (κ1) is 12.9. The van der Waals surface area contributed by atoms with Crippen molar-refractivity contribution in [1.29, 1.82) is 0 Å². The Morgan fingerprint density at radius 1 is 1.10 bits per heavy atom. The van der Waals surface area contributed by atoms with E-state index in [1.807, 2.05) is 18.2 Å². The first-order valence-corrected chi connectivity index (χ1v) is 6.21. The summed E-state index contributed by atoms with van der Waals surface area (Å²) in [6, 6.07) is 12.3. The van der Waals surface area contributed by atoms with Crippen LogP contribution in [0.4, 0.5) is 5.82 Å². The van der Waals surface area contributed by atoms with E-state index in [4.69, 9.17) is 9.15 Å². The van der Waals surface area contributed by atoms with Crippen molar-refractivity contribution in [2.24, 2.45) is 0 Å². The van der Waals surface area contributed by atoms with Crippen molar-refractivity contribution in [3.63, 3.8) is 0 Å². The molecule has 0 unspecified atom stereocenters. The van der Waals surface area contributed by atoms with Crippen molar-refractivity contribution in [2.45, 2.75) is 0 Å². The quantitative estimate of drug-likeness (QED) is 0.795. The van der Waals surface area contributed by atoms with Gasteiger partial charge in [-0.05, 0) is 18.2 Å². The SMILES string of the molecule is O=C(Nc1cnccn1)c1ccc(Oc2ccccc2)o1. The van der Waals surface area contributed by atoms with Gasteiger partial charge in [0, 0.05) is 18.5 Å². The lowest BCUT2D eigenvalue weighted by Gasteiger charge is -2.02. The van der Waals surface area contributed by atoms with Crippen LogP contribution in [0.25, 0.3) is 0 Å². The zero-order valence-electron chi connectivity index (χ0n) is 10.9. The third kappa shape index (κ3) is 3.24. The Labute approximate surface area is 120 Å². The fourth-order valence-corrected chi connectivity index (χ4v) is 1.64. The number of furan rings is 1. The molecule has 1 N–H and O–H groups in total. The van der Waals surface area contributed by atoms with Crippen LogP contribution < -0.4 is 10.1 Å². The van der Waals surface area contributed by atoms with Crippen LogP contribution in [0.1, 0.15) is 10.6 Å². The number of anilines is 1. The maximum atomic E-state index is 12.0.